The van der Waals surface area contributed by atoms with Gasteiger partial charge in [0.1, 0.15) is 5.82 Å². The number of guanidine groups is 1. The maximum absolute atomic E-state index is 14.0. The van der Waals surface area contributed by atoms with E-state index in [0.717, 1.165) is 50.3 Å². The number of halogens is 2. The first-order valence-electron chi connectivity index (χ1n) is 11.1. The smallest absolute Gasteiger partial charge is 0.225 e. The molecule has 0 atom stereocenters. The van der Waals surface area contributed by atoms with Crippen molar-refractivity contribution in [2.45, 2.75) is 58.7 Å². The van der Waals surface area contributed by atoms with Crippen LogP contribution >= 0.6 is 24.0 Å². The van der Waals surface area contributed by atoms with Gasteiger partial charge in [-0.25, -0.2) is 4.39 Å². The highest BCUT2D eigenvalue weighted by atomic mass is 127. The summed E-state index contributed by atoms with van der Waals surface area (Å²) in [5.74, 6) is 1.01. The van der Waals surface area contributed by atoms with Gasteiger partial charge >= 0.3 is 0 Å². The molecule has 1 fully saturated rings. The lowest BCUT2D eigenvalue weighted by molar-refractivity contribution is -0.136. The van der Waals surface area contributed by atoms with Crippen molar-refractivity contribution in [3.05, 3.63) is 35.1 Å². The first-order chi connectivity index (χ1) is 14.4. The Hall–Kier alpha value is -1.42. The molecule has 1 aliphatic rings. The molecule has 0 spiro atoms. The number of nitrogens with zero attached hydrogens (tertiary/aromatic N) is 3. The van der Waals surface area contributed by atoms with E-state index in [9.17, 15) is 9.18 Å². The molecule has 0 unspecified atom stereocenters. The molecule has 2 N–H and O–H groups in total. The van der Waals surface area contributed by atoms with E-state index < -0.39 is 0 Å². The molecule has 6 nitrogen and oxygen atoms in total. The third-order valence-corrected chi connectivity index (χ3v) is 5.76. The molecule has 1 heterocycles. The minimum absolute atomic E-state index is 0. The summed E-state index contributed by atoms with van der Waals surface area (Å²) in [6.45, 7) is 6.89. The van der Waals surface area contributed by atoms with Crippen LogP contribution in [0.4, 0.5) is 4.39 Å². The van der Waals surface area contributed by atoms with E-state index in [0.29, 0.717) is 30.6 Å². The molecule has 0 aliphatic carbocycles. The second-order valence-electron chi connectivity index (χ2n) is 8.35. The molecule has 2 rings (SSSR count). The zero-order valence-corrected chi connectivity index (χ0v) is 21.9. The standard InChI is InChI=1S/C23H38FN5O.HI/c1-6-18(7-2)22(30)29-12-10-20(11-13-29)27-23(25-3)26-15-17-8-9-21(24)19(14-17)16-28(4)5;/h8-9,14,18,20H,6-7,10-13,15-16H2,1-5H3,(H2,25,26,27);1H. The van der Waals surface area contributed by atoms with Gasteiger partial charge in [0, 0.05) is 50.7 Å². The minimum atomic E-state index is -0.176. The van der Waals surface area contributed by atoms with Crippen LogP contribution in [0.3, 0.4) is 0 Å². The number of hydrogen-bond donors (Lipinski definition) is 2. The van der Waals surface area contributed by atoms with Crippen LogP contribution in [0.5, 0.6) is 0 Å². The van der Waals surface area contributed by atoms with Crippen molar-refractivity contribution in [3.8, 4) is 0 Å². The third kappa shape index (κ3) is 8.56. The Morgan fingerprint density at radius 3 is 2.45 bits per heavy atom. The van der Waals surface area contributed by atoms with E-state index >= 15 is 0 Å². The molecule has 1 aliphatic heterocycles. The van der Waals surface area contributed by atoms with Gasteiger partial charge in [-0.1, -0.05) is 19.9 Å². The molecule has 1 aromatic rings. The summed E-state index contributed by atoms with van der Waals surface area (Å²) >= 11 is 0. The van der Waals surface area contributed by atoms with Gasteiger partial charge in [-0.3, -0.25) is 9.79 Å². The zero-order chi connectivity index (χ0) is 22.1. The Labute approximate surface area is 204 Å². The number of aliphatic imine (C=N–C) groups is 1. The number of carbonyl (C=O) groups excluding carboxylic acids is 1. The number of hydrogen-bond acceptors (Lipinski definition) is 3. The van der Waals surface area contributed by atoms with E-state index in [4.69, 9.17) is 0 Å². The summed E-state index contributed by atoms with van der Waals surface area (Å²) in [6, 6.07) is 5.52. The van der Waals surface area contributed by atoms with Gasteiger partial charge < -0.3 is 20.4 Å². The summed E-state index contributed by atoms with van der Waals surface area (Å²) in [4.78, 5) is 20.9. The Morgan fingerprint density at radius 2 is 1.90 bits per heavy atom. The average molecular weight is 548 g/mol. The minimum Gasteiger partial charge on any atom is -0.354 e. The number of amides is 1. The highest BCUT2D eigenvalue weighted by molar-refractivity contribution is 14.0. The lowest BCUT2D eigenvalue weighted by atomic mass is 9.98. The number of likely N-dealkylation sites (tertiary alicyclic amines) is 1. The Kier molecular flexibility index (Phi) is 12.4. The van der Waals surface area contributed by atoms with Crippen molar-refractivity contribution in [1.29, 1.82) is 0 Å². The summed E-state index contributed by atoms with van der Waals surface area (Å²) in [5.41, 5.74) is 1.71. The lowest BCUT2D eigenvalue weighted by Gasteiger charge is -2.34. The van der Waals surface area contributed by atoms with Crippen molar-refractivity contribution in [3.63, 3.8) is 0 Å². The van der Waals surface area contributed by atoms with Gasteiger partial charge in [0.25, 0.3) is 0 Å². The van der Waals surface area contributed by atoms with Gasteiger partial charge in [0.05, 0.1) is 0 Å². The van der Waals surface area contributed by atoms with Crippen molar-refractivity contribution in [2.24, 2.45) is 10.9 Å². The van der Waals surface area contributed by atoms with E-state index in [1.807, 2.05) is 30.0 Å². The van der Waals surface area contributed by atoms with Crippen LogP contribution in [0.2, 0.25) is 0 Å². The highest BCUT2D eigenvalue weighted by Gasteiger charge is 2.26. The monoisotopic (exact) mass is 547 g/mol. The first-order valence-corrected chi connectivity index (χ1v) is 11.1. The molecule has 0 radical (unpaired) electrons. The molecule has 31 heavy (non-hydrogen) atoms. The average Bonchev–Trinajstić information content (AvgIpc) is 2.74. The summed E-state index contributed by atoms with van der Waals surface area (Å²) in [5, 5.41) is 6.80. The molecular weight excluding hydrogens is 508 g/mol. The van der Waals surface area contributed by atoms with Gasteiger partial charge in [-0.05, 0) is 57.5 Å². The zero-order valence-electron chi connectivity index (χ0n) is 19.6. The van der Waals surface area contributed by atoms with E-state index in [1.165, 1.54) is 6.07 Å². The second-order valence-corrected chi connectivity index (χ2v) is 8.35. The quantitative estimate of drug-likeness (QED) is 0.297. The first kappa shape index (κ1) is 27.6. The van der Waals surface area contributed by atoms with Crippen LogP contribution in [-0.2, 0) is 17.9 Å². The van der Waals surface area contributed by atoms with Crippen molar-refractivity contribution >= 4 is 35.8 Å². The Balaban J connectivity index is 0.00000480. The fourth-order valence-corrected chi connectivity index (χ4v) is 3.91. The molecule has 1 aromatic carbocycles. The molecule has 0 saturated carbocycles. The van der Waals surface area contributed by atoms with Gasteiger partial charge in [-0.15, -0.1) is 24.0 Å². The maximum Gasteiger partial charge on any atom is 0.225 e. The largest absolute Gasteiger partial charge is 0.354 e. The van der Waals surface area contributed by atoms with Crippen molar-refractivity contribution in [2.75, 3.05) is 34.2 Å². The van der Waals surface area contributed by atoms with Crippen molar-refractivity contribution < 1.29 is 9.18 Å². The van der Waals surface area contributed by atoms with Gasteiger partial charge in [0.2, 0.25) is 5.91 Å². The molecule has 0 aromatic heterocycles. The molecule has 8 heteroatoms. The number of benzene rings is 1. The third-order valence-electron chi connectivity index (χ3n) is 5.76. The van der Waals surface area contributed by atoms with E-state index in [2.05, 4.69) is 29.5 Å². The summed E-state index contributed by atoms with van der Waals surface area (Å²) in [7, 11) is 5.61. The number of piperidine rings is 1. The summed E-state index contributed by atoms with van der Waals surface area (Å²) in [6.07, 6.45) is 3.64. The highest BCUT2D eigenvalue weighted by Crippen LogP contribution is 2.17. The van der Waals surface area contributed by atoms with Crippen LogP contribution in [0.15, 0.2) is 23.2 Å². The van der Waals surface area contributed by atoms with Crippen LogP contribution in [0.25, 0.3) is 0 Å². The second kappa shape index (κ2) is 13.9. The van der Waals surface area contributed by atoms with Gasteiger partial charge in [-0.2, -0.15) is 0 Å². The Morgan fingerprint density at radius 1 is 1.26 bits per heavy atom. The molecular formula is C23H39FIN5O. The van der Waals surface area contributed by atoms with Crippen LogP contribution in [0, 0.1) is 11.7 Å². The van der Waals surface area contributed by atoms with Crippen LogP contribution in [0.1, 0.15) is 50.7 Å². The van der Waals surface area contributed by atoms with Crippen molar-refractivity contribution in [1.82, 2.24) is 20.4 Å². The normalized spacial score (nSPS) is 15.2. The van der Waals surface area contributed by atoms with E-state index in [-0.39, 0.29) is 35.7 Å². The van der Waals surface area contributed by atoms with Crippen LogP contribution < -0.4 is 10.6 Å². The molecule has 176 valence electrons. The number of carbonyl (C=O) groups is 1. The summed E-state index contributed by atoms with van der Waals surface area (Å²) < 4.78 is 14.0. The fourth-order valence-electron chi connectivity index (χ4n) is 3.91. The van der Waals surface area contributed by atoms with Crippen LogP contribution in [-0.4, -0.2) is 61.9 Å². The molecule has 1 amide bonds. The predicted octanol–water partition coefficient (Wildman–Crippen LogP) is 3.60. The molecule has 0 bridgehead atoms. The predicted molar refractivity (Wildman–Crippen MR) is 136 cm³/mol. The van der Waals surface area contributed by atoms with Gasteiger partial charge in [0.15, 0.2) is 5.96 Å². The number of rotatable bonds is 8. The Bertz CT molecular complexity index is 716. The SMILES string of the molecule is CCC(CC)C(=O)N1CCC(NC(=NC)NCc2ccc(F)c(CN(C)C)c2)CC1.I. The maximum atomic E-state index is 14.0. The number of nitrogens with one attached hydrogen (secondary N) is 2. The van der Waals surface area contributed by atoms with E-state index in [1.54, 1.807) is 13.1 Å². The fraction of sp³-hybridized carbons (Fsp3) is 0.652. The lowest BCUT2D eigenvalue weighted by Crippen LogP contribution is -2.50. The molecule has 1 saturated heterocycles. The topological polar surface area (TPSA) is 60.0 Å².